The highest BCUT2D eigenvalue weighted by atomic mass is 16.5. The number of aromatic nitrogens is 2. The fraction of sp³-hybridized carbons (Fsp3) is 0.727. The topological polar surface area (TPSA) is 62.2 Å². The molecule has 90 valence electrons. The molecule has 0 amide bonds. The van der Waals surface area contributed by atoms with Gasteiger partial charge < -0.3 is 10.5 Å². The summed E-state index contributed by atoms with van der Waals surface area (Å²) in [6, 6.07) is 0.428. The lowest BCUT2D eigenvalue weighted by Gasteiger charge is -2.14. The molecule has 1 aromatic heterocycles. The second kappa shape index (κ2) is 4.84. The van der Waals surface area contributed by atoms with Crippen molar-refractivity contribution in [3.8, 4) is 0 Å². The average molecular weight is 225 g/mol. The van der Waals surface area contributed by atoms with E-state index in [4.69, 9.17) is 10.5 Å². The van der Waals surface area contributed by atoms with Gasteiger partial charge in [-0.25, -0.2) is 4.79 Å². The van der Waals surface area contributed by atoms with Gasteiger partial charge in [-0.05, 0) is 19.8 Å². The second-order valence-corrected chi connectivity index (χ2v) is 4.18. The fourth-order valence-electron chi connectivity index (χ4n) is 1.85. The first-order valence-electron chi connectivity index (χ1n) is 5.85. The van der Waals surface area contributed by atoms with E-state index < -0.39 is 0 Å². The standard InChI is InChI=1S/C11H19N3O2/c1-2-16-10(7-12)8-13-5-6-14(11(13)15)9-3-4-9/h5-6,9-10H,2-4,7-8,12H2,1H3. The quantitative estimate of drug-likeness (QED) is 0.759. The van der Waals surface area contributed by atoms with Gasteiger partial charge in [0.05, 0.1) is 12.6 Å². The van der Waals surface area contributed by atoms with Gasteiger partial charge in [0.15, 0.2) is 0 Å². The number of ether oxygens (including phenoxy) is 1. The zero-order valence-electron chi connectivity index (χ0n) is 9.63. The van der Waals surface area contributed by atoms with E-state index in [2.05, 4.69) is 0 Å². The molecule has 0 radical (unpaired) electrons. The number of imidazole rings is 1. The molecule has 1 atom stereocenters. The van der Waals surface area contributed by atoms with Gasteiger partial charge in [-0.3, -0.25) is 9.13 Å². The van der Waals surface area contributed by atoms with Crippen molar-refractivity contribution < 1.29 is 4.74 Å². The van der Waals surface area contributed by atoms with Crippen LogP contribution in [0.1, 0.15) is 25.8 Å². The highest BCUT2D eigenvalue weighted by Gasteiger charge is 2.25. The van der Waals surface area contributed by atoms with Crippen molar-refractivity contribution in [3.05, 3.63) is 22.9 Å². The van der Waals surface area contributed by atoms with E-state index in [0.29, 0.717) is 25.7 Å². The summed E-state index contributed by atoms with van der Waals surface area (Å²) in [5.74, 6) is 0. The van der Waals surface area contributed by atoms with Crippen LogP contribution in [0, 0.1) is 0 Å². The molecule has 1 heterocycles. The number of hydrogen-bond acceptors (Lipinski definition) is 3. The van der Waals surface area contributed by atoms with Crippen LogP contribution in [-0.4, -0.2) is 28.4 Å². The smallest absolute Gasteiger partial charge is 0.328 e. The lowest BCUT2D eigenvalue weighted by Crippen LogP contribution is -2.33. The van der Waals surface area contributed by atoms with Gasteiger partial charge in [0.25, 0.3) is 0 Å². The van der Waals surface area contributed by atoms with Crippen molar-refractivity contribution in [3.63, 3.8) is 0 Å². The Morgan fingerprint density at radius 2 is 2.31 bits per heavy atom. The van der Waals surface area contributed by atoms with E-state index in [0.717, 1.165) is 12.8 Å². The third-order valence-electron chi connectivity index (χ3n) is 2.88. The Bertz CT molecular complexity index is 392. The Balaban J connectivity index is 2.05. The van der Waals surface area contributed by atoms with Gasteiger partial charge in [-0.15, -0.1) is 0 Å². The van der Waals surface area contributed by atoms with Crippen molar-refractivity contribution in [2.75, 3.05) is 13.2 Å². The molecule has 0 aromatic carbocycles. The average Bonchev–Trinajstić information content (AvgIpc) is 3.05. The van der Waals surface area contributed by atoms with E-state index in [9.17, 15) is 4.79 Å². The maximum atomic E-state index is 11.9. The molecule has 0 saturated heterocycles. The minimum Gasteiger partial charge on any atom is -0.375 e. The molecule has 16 heavy (non-hydrogen) atoms. The molecule has 2 rings (SSSR count). The summed E-state index contributed by atoms with van der Waals surface area (Å²) >= 11 is 0. The minimum absolute atomic E-state index is 0.0562. The van der Waals surface area contributed by atoms with Crippen molar-refractivity contribution in [2.45, 2.75) is 38.5 Å². The summed E-state index contributed by atoms with van der Waals surface area (Å²) in [4.78, 5) is 11.9. The maximum absolute atomic E-state index is 11.9. The second-order valence-electron chi connectivity index (χ2n) is 4.18. The molecule has 1 fully saturated rings. The molecule has 0 aliphatic heterocycles. The Morgan fingerprint density at radius 3 is 2.88 bits per heavy atom. The zero-order valence-corrected chi connectivity index (χ0v) is 9.63. The number of rotatable bonds is 6. The molecule has 1 aliphatic carbocycles. The highest BCUT2D eigenvalue weighted by Crippen LogP contribution is 2.33. The van der Waals surface area contributed by atoms with Gasteiger partial charge in [0.2, 0.25) is 0 Å². The summed E-state index contributed by atoms with van der Waals surface area (Å²) < 4.78 is 8.93. The molecule has 5 heteroatoms. The van der Waals surface area contributed by atoms with Gasteiger partial charge in [0, 0.05) is 31.6 Å². The molecular formula is C11H19N3O2. The van der Waals surface area contributed by atoms with Crippen LogP contribution in [0.25, 0.3) is 0 Å². The van der Waals surface area contributed by atoms with Gasteiger partial charge in [-0.1, -0.05) is 0 Å². The van der Waals surface area contributed by atoms with E-state index in [1.807, 2.05) is 19.3 Å². The molecule has 2 N–H and O–H groups in total. The highest BCUT2D eigenvalue weighted by molar-refractivity contribution is 4.91. The monoisotopic (exact) mass is 225 g/mol. The molecule has 1 saturated carbocycles. The van der Waals surface area contributed by atoms with Crippen LogP contribution in [0.5, 0.6) is 0 Å². The lowest BCUT2D eigenvalue weighted by atomic mass is 10.3. The van der Waals surface area contributed by atoms with Crippen LogP contribution in [0.15, 0.2) is 17.2 Å². The van der Waals surface area contributed by atoms with Gasteiger partial charge >= 0.3 is 5.69 Å². The number of nitrogens with zero attached hydrogens (tertiary/aromatic N) is 2. The van der Waals surface area contributed by atoms with E-state index in [-0.39, 0.29) is 11.8 Å². The summed E-state index contributed by atoms with van der Waals surface area (Å²) in [5, 5.41) is 0. The Morgan fingerprint density at radius 1 is 1.56 bits per heavy atom. The SMILES string of the molecule is CCOC(CN)Cn1ccn(C2CC2)c1=O. The van der Waals surface area contributed by atoms with Gasteiger partial charge in [-0.2, -0.15) is 0 Å². The first kappa shape index (κ1) is 11.4. The number of hydrogen-bond donors (Lipinski definition) is 1. The maximum Gasteiger partial charge on any atom is 0.328 e. The summed E-state index contributed by atoms with van der Waals surface area (Å²) in [6.45, 7) is 3.54. The van der Waals surface area contributed by atoms with Crippen LogP contribution in [0.3, 0.4) is 0 Å². The van der Waals surface area contributed by atoms with Crippen LogP contribution in [0.4, 0.5) is 0 Å². The van der Waals surface area contributed by atoms with Crippen LogP contribution in [-0.2, 0) is 11.3 Å². The third kappa shape index (κ3) is 2.36. The van der Waals surface area contributed by atoms with Crippen molar-refractivity contribution in [1.29, 1.82) is 0 Å². The lowest BCUT2D eigenvalue weighted by molar-refractivity contribution is 0.0560. The van der Waals surface area contributed by atoms with Crippen LogP contribution in [0.2, 0.25) is 0 Å². The third-order valence-corrected chi connectivity index (χ3v) is 2.88. The summed E-state index contributed by atoms with van der Waals surface area (Å²) in [5.41, 5.74) is 5.64. The predicted molar refractivity (Wildman–Crippen MR) is 61.4 cm³/mol. The summed E-state index contributed by atoms with van der Waals surface area (Å²) in [7, 11) is 0. The van der Waals surface area contributed by atoms with Crippen LogP contribution >= 0.6 is 0 Å². The molecular weight excluding hydrogens is 206 g/mol. The van der Waals surface area contributed by atoms with E-state index in [1.165, 1.54) is 0 Å². The number of nitrogens with two attached hydrogens (primary N) is 1. The zero-order chi connectivity index (χ0) is 11.5. The Labute approximate surface area is 94.8 Å². The first-order valence-corrected chi connectivity index (χ1v) is 5.85. The van der Waals surface area contributed by atoms with E-state index in [1.54, 1.807) is 9.13 Å². The first-order chi connectivity index (χ1) is 7.76. The minimum atomic E-state index is -0.0715. The van der Waals surface area contributed by atoms with Crippen molar-refractivity contribution in [2.24, 2.45) is 5.73 Å². The van der Waals surface area contributed by atoms with Crippen LogP contribution < -0.4 is 11.4 Å². The molecule has 0 spiro atoms. The Hall–Kier alpha value is -1.07. The summed E-state index contributed by atoms with van der Waals surface area (Å²) in [6.07, 6.45) is 5.85. The Kier molecular flexibility index (Phi) is 3.46. The van der Waals surface area contributed by atoms with Crippen molar-refractivity contribution in [1.82, 2.24) is 9.13 Å². The molecule has 1 aliphatic rings. The molecule has 1 aromatic rings. The van der Waals surface area contributed by atoms with Gasteiger partial charge in [0.1, 0.15) is 0 Å². The van der Waals surface area contributed by atoms with Crippen molar-refractivity contribution >= 4 is 0 Å². The molecule has 0 bridgehead atoms. The fourth-order valence-corrected chi connectivity index (χ4v) is 1.85. The molecule has 5 nitrogen and oxygen atoms in total. The normalized spacial score (nSPS) is 17.6. The molecule has 1 unspecified atom stereocenters. The predicted octanol–water partition coefficient (Wildman–Crippen LogP) is 0.348. The van der Waals surface area contributed by atoms with E-state index >= 15 is 0 Å². The largest absolute Gasteiger partial charge is 0.375 e.